The maximum absolute atomic E-state index is 11.7. The van der Waals surface area contributed by atoms with Crippen molar-refractivity contribution in [3.8, 4) is 0 Å². The van der Waals surface area contributed by atoms with Gasteiger partial charge in [0.05, 0.1) is 6.54 Å². The lowest BCUT2D eigenvalue weighted by molar-refractivity contribution is -0.122. The quantitative estimate of drug-likeness (QED) is 0.753. The lowest BCUT2D eigenvalue weighted by Gasteiger charge is -2.32. The molecule has 0 spiro atoms. The van der Waals surface area contributed by atoms with E-state index < -0.39 is 0 Å². The highest BCUT2D eigenvalue weighted by molar-refractivity contribution is 5.77. The average molecular weight is 356 g/mol. The fourth-order valence-corrected chi connectivity index (χ4v) is 4.04. The summed E-state index contributed by atoms with van der Waals surface area (Å²) in [6, 6.07) is 11.9. The number of piperidine rings is 1. The van der Waals surface area contributed by atoms with Crippen LogP contribution in [0.15, 0.2) is 35.9 Å². The van der Waals surface area contributed by atoms with Gasteiger partial charge in [-0.05, 0) is 44.1 Å². The van der Waals surface area contributed by atoms with Gasteiger partial charge in [0.1, 0.15) is 0 Å². The number of carbonyl (C=O) groups is 1. The summed E-state index contributed by atoms with van der Waals surface area (Å²) in [6.07, 6.45) is 7.06. The van der Waals surface area contributed by atoms with E-state index in [0.717, 1.165) is 38.9 Å². The lowest BCUT2D eigenvalue weighted by atomic mass is 10.0. The first kappa shape index (κ1) is 19.1. The summed E-state index contributed by atoms with van der Waals surface area (Å²) in [6.45, 7) is 7.54. The van der Waals surface area contributed by atoms with E-state index in [9.17, 15) is 4.79 Å². The molecule has 142 valence electrons. The van der Waals surface area contributed by atoms with Crippen molar-refractivity contribution in [2.75, 3.05) is 26.2 Å². The van der Waals surface area contributed by atoms with Crippen LogP contribution < -0.4 is 10.6 Å². The minimum absolute atomic E-state index is 0.153. The molecule has 2 aliphatic rings. The van der Waals surface area contributed by atoms with Crippen LogP contribution in [0.3, 0.4) is 0 Å². The largest absolute Gasteiger partial charge is 0.355 e. The van der Waals surface area contributed by atoms with E-state index in [0.29, 0.717) is 24.5 Å². The van der Waals surface area contributed by atoms with E-state index in [2.05, 4.69) is 58.9 Å². The van der Waals surface area contributed by atoms with Crippen LogP contribution in [-0.2, 0) is 4.79 Å². The molecular formula is C22H33N3O. The Labute approximate surface area is 158 Å². The van der Waals surface area contributed by atoms with Crippen molar-refractivity contribution < 1.29 is 4.79 Å². The zero-order chi connectivity index (χ0) is 18.4. The molecule has 1 aliphatic carbocycles. The molecule has 2 atom stereocenters. The van der Waals surface area contributed by atoms with Gasteiger partial charge < -0.3 is 10.6 Å². The van der Waals surface area contributed by atoms with E-state index in [1.165, 1.54) is 12.0 Å². The molecule has 1 aliphatic heterocycles. The molecule has 3 rings (SSSR count). The van der Waals surface area contributed by atoms with Gasteiger partial charge in [0.15, 0.2) is 0 Å². The molecule has 0 aromatic heterocycles. The van der Waals surface area contributed by atoms with Gasteiger partial charge in [-0.25, -0.2) is 0 Å². The van der Waals surface area contributed by atoms with Gasteiger partial charge in [0.2, 0.25) is 5.91 Å². The third-order valence-electron chi connectivity index (χ3n) is 5.61. The van der Waals surface area contributed by atoms with Gasteiger partial charge in [0.25, 0.3) is 0 Å². The normalized spacial score (nSPS) is 24.5. The maximum Gasteiger partial charge on any atom is 0.234 e. The second-order valence-electron chi connectivity index (χ2n) is 7.60. The Kier molecular flexibility index (Phi) is 6.86. The van der Waals surface area contributed by atoms with Crippen LogP contribution in [0.5, 0.6) is 0 Å². The number of rotatable bonds is 8. The average Bonchev–Trinajstić information content (AvgIpc) is 3.41. The van der Waals surface area contributed by atoms with Crippen LogP contribution in [0.1, 0.15) is 45.1 Å². The second kappa shape index (κ2) is 9.33. The summed E-state index contributed by atoms with van der Waals surface area (Å²) in [5.74, 6) is 0.855. The smallest absolute Gasteiger partial charge is 0.234 e. The summed E-state index contributed by atoms with van der Waals surface area (Å²) < 4.78 is 0. The van der Waals surface area contributed by atoms with E-state index in [1.54, 1.807) is 5.57 Å². The van der Waals surface area contributed by atoms with Gasteiger partial charge in [-0.2, -0.15) is 0 Å². The number of hydrogen-bond donors (Lipinski definition) is 2. The van der Waals surface area contributed by atoms with Crippen LogP contribution in [-0.4, -0.2) is 49.1 Å². The minimum atomic E-state index is 0.153. The number of likely N-dealkylation sites (tertiary alicyclic amines) is 1. The molecule has 26 heavy (non-hydrogen) atoms. The van der Waals surface area contributed by atoms with Crippen LogP contribution in [0, 0.1) is 5.92 Å². The first-order valence-electron chi connectivity index (χ1n) is 10.2. The van der Waals surface area contributed by atoms with E-state index in [4.69, 9.17) is 0 Å². The van der Waals surface area contributed by atoms with Crippen LogP contribution in [0.4, 0.5) is 0 Å². The van der Waals surface area contributed by atoms with Gasteiger partial charge in [-0.1, -0.05) is 48.9 Å². The third kappa shape index (κ3) is 5.42. The summed E-state index contributed by atoms with van der Waals surface area (Å²) >= 11 is 0. The molecule has 1 saturated carbocycles. The Balaban J connectivity index is 1.43. The lowest BCUT2D eigenvalue weighted by Crippen LogP contribution is -2.46. The molecule has 2 N–H and O–H groups in total. The third-order valence-corrected chi connectivity index (χ3v) is 5.61. The molecule has 1 saturated heterocycles. The fraction of sp³-hybridized carbons (Fsp3) is 0.591. The van der Waals surface area contributed by atoms with E-state index >= 15 is 0 Å². The minimum Gasteiger partial charge on any atom is -0.355 e. The summed E-state index contributed by atoms with van der Waals surface area (Å²) in [5.41, 5.74) is 2.89. The number of hydrogen-bond acceptors (Lipinski definition) is 3. The zero-order valence-electron chi connectivity index (χ0n) is 16.2. The monoisotopic (exact) mass is 355 g/mol. The standard InChI is InChI=1S/C22H33N3O/c1-3-18(14-17-8-6-5-7-9-17)20-15-21(20)24-19-10-12-25(13-11-19)16-22(26)23-4-2/h5-9,14,19-21,24H,3-4,10-13,15-16H2,1-2H3,(H,23,26)/b18-14+/t20-,21+/m0/s1. The molecule has 1 heterocycles. The first-order chi connectivity index (χ1) is 12.7. The Morgan fingerprint density at radius 1 is 1.19 bits per heavy atom. The van der Waals surface area contributed by atoms with Crippen LogP contribution in [0.2, 0.25) is 0 Å². The predicted octanol–water partition coefficient (Wildman–Crippen LogP) is 3.06. The predicted molar refractivity (Wildman–Crippen MR) is 108 cm³/mol. The molecule has 0 bridgehead atoms. The number of carbonyl (C=O) groups excluding carboxylic acids is 1. The number of nitrogens with zero attached hydrogens (tertiary/aromatic N) is 1. The maximum atomic E-state index is 11.7. The molecule has 0 radical (unpaired) electrons. The highest BCUT2D eigenvalue weighted by atomic mass is 16.2. The Bertz CT molecular complexity index is 605. The molecule has 1 aromatic rings. The van der Waals surface area contributed by atoms with Gasteiger partial charge >= 0.3 is 0 Å². The van der Waals surface area contributed by atoms with Crippen molar-refractivity contribution in [2.24, 2.45) is 5.92 Å². The number of nitrogens with one attached hydrogen (secondary N) is 2. The molecule has 2 fully saturated rings. The van der Waals surface area contributed by atoms with Gasteiger partial charge in [-0.15, -0.1) is 0 Å². The van der Waals surface area contributed by atoms with E-state index in [1.807, 2.05) is 6.92 Å². The zero-order valence-corrected chi connectivity index (χ0v) is 16.2. The molecule has 1 aromatic carbocycles. The number of amides is 1. The molecular weight excluding hydrogens is 322 g/mol. The highest BCUT2D eigenvalue weighted by Gasteiger charge is 2.40. The van der Waals surface area contributed by atoms with Crippen LogP contribution in [0.25, 0.3) is 6.08 Å². The van der Waals surface area contributed by atoms with Crippen molar-refractivity contribution in [1.29, 1.82) is 0 Å². The van der Waals surface area contributed by atoms with Gasteiger partial charge in [0, 0.05) is 31.7 Å². The van der Waals surface area contributed by atoms with Crippen molar-refractivity contribution in [1.82, 2.24) is 15.5 Å². The number of likely N-dealkylation sites (N-methyl/N-ethyl adjacent to an activating group) is 1. The number of benzene rings is 1. The Hall–Kier alpha value is -1.65. The first-order valence-corrected chi connectivity index (χ1v) is 10.2. The van der Waals surface area contributed by atoms with Crippen LogP contribution >= 0.6 is 0 Å². The van der Waals surface area contributed by atoms with Crippen molar-refractivity contribution in [2.45, 2.75) is 51.6 Å². The van der Waals surface area contributed by atoms with E-state index in [-0.39, 0.29) is 5.91 Å². The summed E-state index contributed by atoms with van der Waals surface area (Å²) in [4.78, 5) is 14.0. The topological polar surface area (TPSA) is 44.4 Å². The molecule has 4 heteroatoms. The SMILES string of the molecule is CCNC(=O)CN1CCC(N[C@@H]2C[C@H]2/C(=C/c2ccccc2)CC)CC1. The summed E-state index contributed by atoms with van der Waals surface area (Å²) in [7, 11) is 0. The fourth-order valence-electron chi connectivity index (χ4n) is 4.04. The molecule has 1 amide bonds. The summed E-state index contributed by atoms with van der Waals surface area (Å²) in [5, 5.41) is 6.76. The highest BCUT2D eigenvalue weighted by Crippen LogP contribution is 2.40. The molecule has 4 nitrogen and oxygen atoms in total. The molecule has 0 unspecified atom stereocenters. The van der Waals surface area contributed by atoms with Crippen molar-refractivity contribution in [3.63, 3.8) is 0 Å². The van der Waals surface area contributed by atoms with Gasteiger partial charge in [-0.3, -0.25) is 9.69 Å². The Morgan fingerprint density at radius 2 is 1.92 bits per heavy atom. The van der Waals surface area contributed by atoms with Crippen molar-refractivity contribution in [3.05, 3.63) is 41.5 Å². The second-order valence-corrected chi connectivity index (χ2v) is 7.60. The van der Waals surface area contributed by atoms with Crippen molar-refractivity contribution >= 4 is 12.0 Å². The Morgan fingerprint density at radius 3 is 2.58 bits per heavy atom.